The van der Waals surface area contributed by atoms with Crippen LogP contribution < -0.4 is 10.6 Å². The lowest BCUT2D eigenvalue weighted by Crippen LogP contribution is -2.18. The van der Waals surface area contributed by atoms with Crippen molar-refractivity contribution in [1.82, 2.24) is 9.55 Å². The van der Waals surface area contributed by atoms with E-state index in [4.69, 9.17) is 0 Å². The third-order valence-corrected chi connectivity index (χ3v) is 3.66. The minimum Gasteiger partial charge on any atom is -0.326 e. The molecule has 0 spiro atoms. The van der Waals surface area contributed by atoms with Crippen molar-refractivity contribution in [2.75, 3.05) is 10.6 Å². The Bertz CT molecular complexity index is 721. The average molecular weight is 298 g/mol. The highest BCUT2D eigenvalue weighted by molar-refractivity contribution is 6.04. The molecule has 1 aliphatic rings. The predicted molar refractivity (Wildman–Crippen MR) is 83.9 cm³/mol. The van der Waals surface area contributed by atoms with Gasteiger partial charge in [-0.25, -0.2) is 4.98 Å². The van der Waals surface area contributed by atoms with Crippen molar-refractivity contribution in [2.45, 2.75) is 32.7 Å². The minimum atomic E-state index is -0.208. The van der Waals surface area contributed by atoms with Crippen LogP contribution >= 0.6 is 0 Å². The lowest BCUT2D eigenvalue weighted by molar-refractivity contribution is -0.114. The summed E-state index contributed by atoms with van der Waals surface area (Å²) in [6, 6.07) is 6.86. The van der Waals surface area contributed by atoms with Crippen molar-refractivity contribution in [3.05, 3.63) is 41.9 Å². The topological polar surface area (TPSA) is 76.0 Å². The Kier molecular flexibility index (Phi) is 3.91. The second kappa shape index (κ2) is 6.01. The predicted octanol–water partition coefficient (Wildman–Crippen LogP) is 2.43. The van der Waals surface area contributed by atoms with Crippen molar-refractivity contribution >= 4 is 23.3 Å². The summed E-state index contributed by atoms with van der Waals surface area (Å²) < 4.78 is 2.05. The number of hydrogen-bond donors (Lipinski definition) is 2. The van der Waals surface area contributed by atoms with E-state index in [9.17, 15) is 9.59 Å². The van der Waals surface area contributed by atoms with Crippen LogP contribution in [0.5, 0.6) is 0 Å². The normalized spacial score (nSPS) is 13.3. The van der Waals surface area contributed by atoms with Crippen LogP contribution in [0, 0.1) is 0 Å². The number of nitrogens with zero attached hydrogens (tertiary/aromatic N) is 2. The van der Waals surface area contributed by atoms with Gasteiger partial charge < -0.3 is 15.2 Å². The van der Waals surface area contributed by atoms with Gasteiger partial charge in [0.25, 0.3) is 5.91 Å². The molecule has 2 heterocycles. The van der Waals surface area contributed by atoms with Crippen LogP contribution in [0.2, 0.25) is 0 Å². The zero-order chi connectivity index (χ0) is 15.5. The Balaban J connectivity index is 1.77. The van der Waals surface area contributed by atoms with Crippen LogP contribution in [-0.4, -0.2) is 21.4 Å². The van der Waals surface area contributed by atoms with E-state index < -0.39 is 0 Å². The second-order valence-corrected chi connectivity index (χ2v) is 5.38. The third-order valence-electron chi connectivity index (χ3n) is 3.66. The number of amides is 2. The van der Waals surface area contributed by atoms with Crippen LogP contribution in [0.25, 0.3) is 0 Å². The summed E-state index contributed by atoms with van der Waals surface area (Å²) in [4.78, 5) is 27.8. The fourth-order valence-electron chi connectivity index (χ4n) is 2.65. The molecule has 0 aliphatic carbocycles. The summed E-state index contributed by atoms with van der Waals surface area (Å²) >= 11 is 0. The van der Waals surface area contributed by atoms with Gasteiger partial charge in [0.2, 0.25) is 5.91 Å². The van der Waals surface area contributed by atoms with E-state index in [1.165, 1.54) is 6.92 Å². The quantitative estimate of drug-likeness (QED) is 0.913. The highest BCUT2D eigenvalue weighted by Gasteiger charge is 2.16. The van der Waals surface area contributed by atoms with Gasteiger partial charge in [0, 0.05) is 31.1 Å². The van der Waals surface area contributed by atoms with Crippen molar-refractivity contribution in [3.8, 4) is 0 Å². The molecule has 0 bridgehead atoms. The van der Waals surface area contributed by atoms with Gasteiger partial charge in [-0.15, -0.1) is 0 Å². The second-order valence-electron chi connectivity index (χ2n) is 5.38. The van der Waals surface area contributed by atoms with E-state index in [-0.39, 0.29) is 11.8 Å². The minimum absolute atomic E-state index is 0.164. The average Bonchev–Trinajstić information content (AvgIpc) is 2.90. The highest BCUT2D eigenvalue weighted by Crippen LogP contribution is 2.20. The maximum Gasteiger partial charge on any atom is 0.256 e. The molecule has 0 saturated heterocycles. The molecule has 0 radical (unpaired) electrons. The Morgan fingerprint density at radius 3 is 2.91 bits per heavy atom. The van der Waals surface area contributed by atoms with Crippen molar-refractivity contribution in [2.24, 2.45) is 0 Å². The molecule has 2 amide bonds. The highest BCUT2D eigenvalue weighted by atomic mass is 16.2. The summed E-state index contributed by atoms with van der Waals surface area (Å²) in [6.45, 7) is 2.32. The first-order valence-corrected chi connectivity index (χ1v) is 7.37. The van der Waals surface area contributed by atoms with E-state index in [0.717, 1.165) is 37.4 Å². The number of benzene rings is 1. The number of nitrogens with one attached hydrogen (secondary N) is 2. The van der Waals surface area contributed by atoms with Crippen LogP contribution in [0.4, 0.5) is 11.5 Å². The summed E-state index contributed by atoms with van der Waals surface area (Å²) in [7, 11) is 0. The maximum atomic E-state index is 12.4. The summed E-state index contributed by atoms with van der Waals surface area (Å²) in [5.74, 6) is 1.38. The molecular formula is C16H18N4O2. The molecule has 6 nitrogen and oxygen atoms in total. The first-order chi connectivity index (χ1) is 10.6. The summed E-state index contributed by atoms with van der Waals surface area (Å²) in [5, 5.41) is 5.57. The van der Waals surface area contributed by atoms with Crippen molar-refractivity contribution in [3.63, 3.8) is 0 Å². The van der Waals surface area contributed by atoms with Gasteiger partial charge in [0.1, 0.15) is 11.6 Å². The van der Waals surface area contributed by atoms with E-state index in [0.29, 0.717) is 11.3 Å². The molecule has 2 aromatic rings. The number of aryl methyl sites for hydroxylation is 1. The molecule has 0 unspecified atom stereocenters. The van der Waals surface area contributed by atoms with Gasteiger partial charge in [-0.05, 0) is 31.0 Å². The molecule has 6 heteroatoms. The summed E-state index contributed by atoms with van der Waals surface area (Å²) in [6.07, 6.45) is 4.90. The monoisotopic (exact) mass is 298 g/mol. The lowest BCUT2D eigenvalue weighted by Gasteiger charge is -2.16. The number of carbonyl (C=O) groups excluding carboxylic acids is 2. The van der Waals surface area contributed by atoms with E-state index in [1.54, 1.807) is 30.5 Å². The fourth-order valence-corrected chi connectivity index (χ4v) is 2.65. The van der Waals surface area contributed by atoms with Gasteiger partial charge in [-0.1, -0.05) is 6.07 Å². The van der Waals surface area contributed by atoms with Gasteiger partial charge in [-0.3, -0.25) is 9.59 Å². The Labute approximate surface area is 128 Å². The number of fused-ring (bicyclic) bond motifs is 1. The number of rotatable bonds is 3. The SMILES string of the molecule is CC(=O)Nc1cccc(C(=O)Nc2cnc3n2CCCC3)c1. The molecule has 3 rings (SSSR count). The molecule has 1 aliphatic heterocycles. The van der Waals surface area contributed by atoms with Gasteiger partial charge in [-0.2, -0.15) is 0 Å². The Morgan fingerprint density at radius 1 is 1.23 bits per heavy atom. The first-order valence-electron chi connectivity index (χ1n) is 7.37. The molecule has 1 aromatic heterocycles. The zero-order valence-electron chi connectivity index (χ0n) is 12.4. The van der Waals surface area contributed by atoms with E-state index in [2.05, 4.69) is 20.2 Å². The number of carbonyl (C=O) groups is 2. The lowest BCUT2D eigenvalue weighted by atomic mass is 10.1. The Hall–Kier alpha value is -2.63. The third kappa shape index (κ3) is 3.00. The van der Waals surface area contributed by atoms with Gasteiger partial charge in [0.15, 0.2) is 0 Å². The molecule has 0 saturated carbocycles. The molecule has 22 heavy (non-hydrogen) atoms. The first kappa shape index (κ1) is 14.3. The largest absolute Gasteiger partial charge is 0.326 e. The zero-order valence-corrected chi connectivity index (χ0v) is 12.4. The van der Waals surface area contributed by atoms with Crippen LogP contribution in [0.1, 0.15) is 35.9 Å². The standard InChI is InChI=1S/C16H18N4O2/c1-11(21)18-13-6-4-5-12(9-13)16(22)19-15-10-17-14-7-2-3-8-20(14)15/h4-6,9-10H,2-3,7-8H2,1H3,(H,18,21)(H,19,22). The number of hydrogen-bond acceptors (Lipinski definition) is 3. The molecular weight excluding hydrogens is 280 g/mol. The van der Waals surface area contributed by atoms with E-state index in [1.807, 2.05) is 0 Å². The maximum absolute atomic E-state index is 12.4. The molecule has 2 N–H and O–H groups in total. The van der Waals surface area contributed by atoms with Gasteiger partial charge in [0.05, 0.1) is 6.20 Å². The molecule has 0 fully saturated rings. The molecule has 0 atom stereocenters. The summed E-state index contributed by atoms with van der Waals surface area (Å²) in [5.41, 5.74) is 1.10. The Morgan fingerprint density at radius 2 is 2.09 bits per heavy atom. The molecule has 1 aromatic carbocycles. The number of imidazole rings is 1. The van der Waals surface area contributed by atoms with E-state index >= 15 is 0 Å². The van der Waals surface area contributed by atoms with Crippen LogP contribution in [-0.2, 0) is 17.8 Å². The number of anilines is 2. The molecule has 114 valence electrons. The smallest absolute Gasteiger partial charge is 0.256 e. The van der Waals surface area contributed by atoms with Gasteiger partial charge >= 0.3 is 0 Å². The fraction of sp³-hybridized carbons (Fsp3) is 0.312. The number of aromatic nitrogens is 2. The van der Waals surface area contributed by atoms with Crippen molar-refractivity contribution in [1.29, 1.82) is 0 Å². The van der Waals surface area contributed by atoms with Crippen LogP contribution in [0.15, 0.2) is 30.5 Å². The van der Waals surface area contributed by atoms with Crippen LogP contribution in [0.3, 0.4) is 0 Å². The van der Waals surface area contributed by atoms with Crippen molar-refractivity contribution < 1.29 is 9.59 Å².